The topological polar surface area (TPSA) is 21.3 Å². The number of nitrogens with one attached hydrogen (secondary N) is 1. The maximum absolute atomic E-state index is 13.7. The smallest absolute Gasteiger partial charge is 0.152 e. The molecule has 110 valence electrons. The summed E-state index contributed by atoms with van der Waals surface area (Å²) in [5, 5.41) is 2.89. The van der Waals surface area contributed by atoms with Gasteiger partial charge in [0.15, 0.2) is 11.6 Å². The van der Waals surface area contributed by atoms with Crippen molar-refractivity contribution in [3.05, 3.63) is 29.6 Å². The Morgan fingerprint density at radius 1 is 1.25 bits per heavy atom. The highest BCUT2D eigenvalue weighted by molar-refractivity contribution is 7.99. The minimum Gasteiger partial charge on any atom is -0.377 e. The molecule has 2 aliphatic heterocycles. The van der Waals surface area contributed by atoms with Crippen molar-refractivity contribution < 1.29 is 17.9 Å². The van der Waals surface area contributed by atoms with Crippen LogP contribution < -0.4 is 5.32 Å². The average Bonchev–Trinajstić information content (AvgIpc) is 2.82. The molecule has 1 aromatic carbocycles. The van der Waals surface area contributed by atoms with E-state index >= 15 is 0 Å². The Morgan fingerprint density at radius 2 is 2.00 bits per heavy atom. The van der Waals surface area contributed by atoms with E-state index in [0.717, 1.165) is 24.3 Å². The summed E-state index contributed by atoms with van der Waals surface area (Å²) in [5.74, 6) is -0.681. The first-order valence-electron chi connectivity index (χ1n) is 6.71. The molecule has 2 heterocycles. The van der Waals surface area contributed by atoms with Gasteiger partial charge in [0, 0.05) is 30.5 Å². The normalized spacial score (nSPS) is 29.9. The fraction of sp³-hybridized carbons (Fsp3) is 0.571. The Bertz CT molecular complexity index is 482. The van der Waals surface area contributed by atoms with Gasteiger partial charge >= 0.3 is 0 Å². The molecule has 1 aromatic rings. The number of hydrogen-bond acceptors (Lipinski definition) is 3. The Balaban J connectivity index is 1.74. The second kappa shape index (κ2) is 5.48. The van der Waals surface area contributed by atoms with Gasteiger partial charge < -0.3 is 10.1 Å². The van der Waals surface area contributed by atoms with Crippen molar-refractivity contribution in [2.24, 2.45) is 0 Å². The number of anilines is 1. The zero-order valence-corrected chi connectivity index (χ0v) is 11.7. The van der Waals surface area contributed by atoms with Crippen LogP contribution >= 0.6 is 11.8 Å². The first kappa shape index (κ1) is 14.1. The van der Waals surface area contributed by atoms with Gasteiger partial charge in [0.25, 0.3) is 0 Å². The van der Waals surface area contributed by atoms with E-state index in [1.54, 1.807) is 0 Å². The lowest BCUT2D eigenvalue weighted by molar-refractivity contribution is -0.0628. The third-order valence-corrected chi connectivity index (χ3v) is 5.14. The summed E-state index contributed by atoms with van der Waals surface area (Å²) in [6, 6.07) is 1.36. The number of halogens is 3. The number of hydrogen-bond donors (Lipinski definition) is 1. The molecule has 2 nitrogen and oxygen atoms in total. The van der Waals surface area contributed by atoms with Crippen LogP contribution in [0, 0.1) is 17.5 Å². The van der Waals surface area contributed by atoms with Crippen LogP contribution in [0.3, 0.4) is 0 Å². The fourth-order valence-corrected chi connectivity index (χ4v) is 4.28. The fourth-order valence-electron chi connectivity index (χ4n) is 2.90. The molecule has 3 rings (SSSR count). The van der Waals surface area contributed by atoms with Gasteiger partial charge in [0.1, 0.15) is 11.5 Å². The van der Waals surface area contributed by atoms with Crippen molar-refractivity contribution in [3.8, 4) is 0 Å². The van der Waals surface area contributed by atoms with Gasteiger partial charge in [-0.05, 0) is 25.0 Å². The van der Waals surface area contributed by atoms with Gasteiger partial charge in [0.2, 0.25) is 0 Å². The molecular formula is C14H16F3NOS. The Morgan fingerprint density at radius 3 is 2.65 bits per heavy atom. The first-order chi connectivity index (χ1) is 9.58. The van der Waals surface area contributed by atoms with Crippen LogP contribution in [0.15, 0.2) is 12.1 Å². The number of thioether (sulfide) groups is 1. The molecule has 1 N–H and O–H groups in total. The molecule has 20 heavy (non-hydrogen) atoms. The molecule has 2 saturated heterocycles. The van der Waals surface area contributed by atoms with Crippen LogP contribution in [-0.4, -0.2) is 29.8 Å². The van der Waals surface area contributed by atoms with Gasteiger partial charge in [-0.25, -0.2) is 13.2 Å². The van der Waals surface area contributed by atoms with Crippen LogP contribution in [0.2, 0.25) is 0 Å². The predicted molar refractivity (Wildman–Crippen MR) is 73.6 cm³/mol. The summed E-state index contributed by atoms with van der Waals surface area (Å²) in [6.45, 7) is 0.586. The molecule has 0 bridgehead atoms. The standard InChI is InChI=1S/C14H16F3NOS/c15-9-5-11(16)13(12(17)6-9)18-10-1-3-19-14(7-10)2-4-20-8-14/h5-6,10,18H,1-4,7-8H2. The highest BCUT2D eigenvalue weighted by Crippen LogP contribution is 2.39. The molecule has 1 spiro atoms. The Labute approximate surface area is 120 Å². The average molecular weight is 303 g/mol. The number of ether oxygens (including phenoxy) is 1. The van der Waals surface area contributed by atoms with Crippen molar-refractivity contribution >= 4 is 17.4 Å². The quantitative estimate of drug-likeness (QED) is 0.902. The van der Waals surface area contributed by atoms with Gasteiger partial charge in [-0.1, -0.05) is 0 Å². The minimum absolute atomic E-state index is 0.0445. The molecule has 0 saturated carbocycles. The van der Waals surface area contributed by atoms with E-state index in [-0.39, 0.29) is 17.3 Å². The van der Waals surface area contributed by atoms with Crippen molar-refractivity contribution in [1.29, 1.82) is 0 Å². The van der Waals surface area contributed by atoms with Crippen molar-refractivity contribution in [2.75, 3.05) is 23.4 Å². The van der Waals surface area contributed by atoms with E-state index < -0.39 is 17.5 Å². The van der Waals surface area contributed by atoms with Crippen LogP contribution in [0.1, 0.15) is 19.3 Å². The number of rotatable bonds is 2. The van der Waals surface area contributed by atoms with Crippen LogP contribution in [-0.2, 0) is 4.74 Å². The summed E-state index contributed by atoms with van der Waals surface area (Å²) in [6.07, 6.45) is 2.41. The van der Waals surface area contributed by atoms with Crippen LogP contribution in [0.4, 0.5) is 18.9 Å². The summed E-state index contributed by atoms with van der Waals surface area (Å²) in [4.78, 5) is 0. The Kier molecular flexibility index (Phi) is 3.86. The predicted octanol–water partition coefficient (Wildman–Crippen LogP) is 3.57. The van der Waals surface area contributed by atoms with E-state index in [0.29, 0.717) is 25.2 Å². The van der Waals surface area contributed by atoms with Gasteiger partial charge in [-0.15, -0.1) is 0 Å². The van der Waals surface area contributed by atoms with Crippen molar-refractivity contribution in [3.63, 3.8) is 0 Å². The SMILES string of the molecule is Fc1cc(F)c(NC2CCOC3(CCSC3)C2)c(F)c1. The monoisotopic (exact) mass is 303 g/mol. The van der Waals surface area contributed by atoms with E-state index in [1.165, 1.54) is 0 Å². The number of benzene rings is 1. The molecular weight excluding hydrogens is 287 g/mol. The Hall–Kier alpha value is -0.880. The third kappa shape index (κ3) is 2.76. The highest BCUT2D eigenvalue weighted by Gasteiger charge is 2.40. The molecule has 0 aromatic heterocycles. The molecule has 0 amide bonds. The van der Waals surface area contributed by atoms with E-state index in [9.17, 15) is 13.2 Å². The lowest BCUT2D eigenvalue weighted by Gasteiger charge is -2.38. The molecule has 2 aliphatic rings. The zero-order valence-electron chi connectivity index (χ0n) is 10.9. The largest absolute Gasteiger partial charge is 0.377 e. The van der Waals surface area contributed by atoms with Gasteiger partial charge in [-0.3, -0.25) is 0 Å². The summed E-state index contributed by atoms with van der Waals surface area (Å²) >= 11 is 1.85. The maximum Gasteiger partial charge on any atom is 0.152 e. The van der Waals surface area contributed by atoms with E-state index in [4.69, 9.17) is 4.74 Å². The lowest BCUT2D eigenvalue weighted by atomic mass is 9.89. The highest BCUT2D eigenvalue weighted by atomic mass is 32.2. The molecule has 2 atom stereocenters. The maximum atomic E-state index is 13.7. The van der Waals surface area contributed by atoms with Crippen molar-refractivity contribution in [1.82, 2.24) is 0 Å². The third-order valence-electron chi connectivity index (χ3n) is 3.92. The van der Waals surface area contributed by atoms with Crippen molar-refractivity contribution in [2.45, 2.75) is 30.9 Å². The zero-order chi connectivity index (χ0) is 14.2. The van der Waals surface area contributed by atoms with E-state index in [1.807, 2.05) is 11.8 Å². The second-order valence-electron chi connectivity index (χ2n) is 5.41. The lowest BCUT2D eigenvalue weighted by Crippen LogP contribution is -2.44. The summed E-state index contributed by atoms with van der Waals surface area (Å²) in [7, 11) is 0. The minimum atomic E-state index is -0.902. The molecule has 0 radical (unpaired) electrons. The second-order valence-corrected chi connectivity index (χ2v) is 6.52. The van der Waals surface area contributed by atoms with Gasteiger partial charge in [-0.2, -0.15) is 11.8 Å². The molecule has 6 heteroatoms. The molecule has 2 fully saturated rings. The summed E-state index contributed by atoms with van der Waals surface area (Å²) < 4.78 is 46.1. The van der Waals surface area contributed by atoms with Crippen LogP contribution in [0.25, 0.3) is 0 Å². The van der Waals surface area contributed by atoms with Crippen LogP contribution in [0.5, 0.6) is 0 Å². The molecule has 2 unspecified atom stereocenters. The van der Waals surface area contributed by atoms with E-state index in [2.05, 4.69) is 5.32 Å². The summed E-state index contributed by atoms with van der Waals surface area (Å²) in [5.41, 5.74) is -0.396. The van der Waals surface area contributed by atoms with Gasteiger partial charge in [0.05, 0.1) is 5.60 Å². The first-order valence-corrected chi connectivity index (χ1v) is 7.86. The molecule has 0 aliphatic carbocycles.